The van der Waals surface area contributed by atoms with E-state index < -0.39 is 11.4 Å². The van der Waals surface area contributed by atoms with Crippen molar-refractivity contribution in [2.24, 2.45) is 0 Å². The number of ether oxygens (including phenoxy) is 2. The quantitative estimate of drug-likeness (QED) is 0.556. The lowest BCUT2D eigenvalue weighted by molar-refractivity contribution is 0.0523. The number of thiophene rings is 1. The molecule has 3 rings (SSSR count). The van der Waals surface area contributed by atoms with Gasteiger partial charge < -0.3 is 14.0 Å². The number of carbonyl (C=O) groups excluding carboxylic acids is 1. The molecule has 0 fully saturated rings. The summed E-state index contributed by atoms with van der Waals surface area (Å²) in [5, 5.41) is 4.12. The first-order valence-electron chi connectivity index (χ1n) is 8.75. The third-order valence-electron chi connectivity index (χ3n) is 4.10. The van der Waals surface area contributed by atoms with Gasteiger partial charge in [-0.3, -0.25) is 4.79 Å². The van der Waals surface area contributed by atoms with Crippen molar-refractivity contribution in [3.8, 4) is 11.5 Å². The molecular formula is C21H21NO4S. The van der Waals surface area contributed by atoms with E-state index in [-0.39, 0.29) is 24.0 Å². The fourth-order valence-electron chi connectivity index (χ4n) is 2.72. The monoisotopic (exact) mass is 383 g/mol. The van der Waals surface area contributed by atoms with Crippen molar-refractivity contribution in [2.75, 3.05) is 6.61 Å². The molecule has 0 amide bonds. The highest BCUT2D eigenvalue weighted by atomic mass is 32.1. The van der Waals surface area contributed by atoms with E-state index in [1.807, 2.05) is 35.1 Å². The summed E-state index contributed by atoms with van der Waals surface area (Å²) in [6.07, 6.45) is 3.98. The molecule has 0 spiro atoms. The molecule has 0 aliphatic carbocycles. The van der Waals surface area contributed by atoms with Gasteiger partial charge in [0.1, 0.15) is 11.3 Å². The van der Waals surface area contributed by atoms with E-state index in [2.05, 4.69) is 11.4 Å². The van der Waals surface area contributed by atoms with E-state index in [4.69, 9.17) is 9.47 Å². The van der Waals surface area contributed by atoms with Crippen LogP contribution in [0.2, 0.25) is 0 Å². The van der Waals surface area contributed by atoms with E-state index in [0.717, 1.165) is 6.42 Å². The number of para-hydroxylation sites is 1. The Labute approximate surface area is 161 Å². The number of aromatic nitrogens is 1. The Bertz CT molecular complexity index is 948. The molecule has 0 radical (unpaired) electrons. The molecule has 0 saturated carbocycles. The second-order valence-corrected chi connectivity index (χ2v) is 6.91. The minimum Gasteiger partial charge on any atom is -0.462 e. The maximum absolute atomic E-state index is 12.7. The van der Waals surface area contributed by atoms with E-state index in [1.165, 1.54) is 5.56 Å². The van der Waals surface area contributed by atoms with Crippen molar-refractivity contribution in [3.05, 3.63) is 80.9 Å². The summed E-state index contributed by atoms with van der Waals surface area (Å²) >= 11 is 1.64. The normalized spacial score (nSPS) is 11.8. The predicted octanol–water partition coefficient (Wildman–Crippen LogP) is 4.68. The molecule has 5 nitrogen and oxygen atoms in total. The van der Waals surface area contributed by atoms with Gasteiger partial charge in [-0.1, -0.05) is 18.2 Å². The van der Waals surface area contributed by atoms with Crippen LogP contribution in [-0.2, 0) is 11.2 Å². The van der Waals surface area contributed by atoms with Gasteiger partial charge in [0.05, 0.1) is 12.8 Å². The lowest BCUT2D eigenvalue weighted by atomic mass is 10.1. The molecule has 3 aromatic rings. The number of hydrogen-bond donors (Lipinski definition) is 0. The molecule has 0 unspecified atom stereocenters. The zero-order chi connectivity index (χ0) is 19.2. The van der Waals surface area contributed by atoms with Gasteiger partial charge in [-0.05, 0) is 54.8 Å². The van der Waals surface area contributed by atoms with Crippen LogP contribution in [0.1, 0.15) is 35.8 Å². The van der Waals surface area contributed by atoms with Crippen LogP contribution >= 0.6 is 11.3 Å². The summed E-state index contributed by atoms with van der Waals surface area (Å²) in [5.74, 6) is -0.00550. The molecule has 1 atom stereocenters. The standard InChI is InChI=1S/C21H21NO4S/c1-3-25-21(24)18-12-22(15(2)11-16-9-10-27-14-16)13-19(20(18)23)26-17-7-5-4-6-8-17/h4-10,12-15H,3,11H2,1-2H3/t15-/m1/s1. The molecule has 0 saturated heterocycles. The molecule has 140 valence electrons. The number of carbonyl (C=O) groups is 1. The molecule has 1 aromatic carbocycles. The fraction of sp³-hybridized carbons (Fsp3) is 0.238. The maximum Gasteiger partial charge on any atom is 0.343 e. The summed E-state index contributed by atoms with van der Waals surface area (Å²) < 4.78 is 12.7. The molecule has 0 aliphatic heterocycles. The van der Waals surface area contributed by atoms with Gasteiger partial charge in [-0.2, -0.15) is 11.3 Å². The van der Waals surface area contributed by atoms with Gasteiger partial charge in [0.2, 0.25) is 5.43 Å². The van der Waals surface area contributed by atoms with E-state index in [0.29, 0.717) is 5.75 Å². The highest BCUT2D eigenvalue weighted by Gasteiger charge is 2.19. The summed E-state index contributed by atoms with van der Waals surface area (Å²) in [7, 11) is 0. The Hall–Kier alpha value is -2.86. The molecule has 0 N–H and O–H groups in total. The number of benzene rings is 1. The fourth-order valence-corrected chi connectivity index (χ4v) is 3.41. The molecule has 27 heavy (non-hydrogen) atoms. The first-order valence-corrected chi connectivity index (χ1v) is 9.69. The summed E-state index contributed by atoms with van der Waals surface area (Å²) in [6, 6.07) is 11.1. The zero-order valence-corrected chi connectivity index (χ0v) is 16.1. The molecule has 2 heterocycles. The van der Waals surface area contributed by atoms with Gasteiger partial charge in [0, 0.05) is 12.2 Å². The van der Waals surface area contributed by atoms with E-state index in [1.54, 1.807) is 42.8 Å². The first-order chi connectivity index (χ1) is 13.1. The minimum absolute atomic E-state index is 0.0255. The van der Waals surface area contributed by atoms with Crippen molar-refractivity contribution < 1.29 is 14.3 Å². The lowest BCUT2D eigenvalue weighted by Gasteiger charge is -2.18. The van der Waals surface area contributed by atoms with Crippen molar-refractivity contribution in [3.63, 3.8) is 0 Å². The van der Waals surface area contributed by atoms with Crippen LogP contribution in [0.4, 0.5) is 0 Å². The first kappa shape index (κ1) is 18.9. The SMILES string of the molecule is CCOC(=O)c1cn([C@H](C)Cc2ccsc2)cc(Oc2ccccc2)c1=O. The average molecular weight is 383 g/mol. The summed E-state index contributed by atoms with van der Waals surface area (Å²) in [6.45, 7) is 3.94. The summed E-state index contributed by atoms with van der Waals surface area (Å²) in [5.41, 5.74) is 0.702. The van der Waals surface area contributed by atoms with Crippen LogP contribution in [0, 0.1) is 0 Å². The van der Waals surface area contributed by atoms with Crippen molar-refractivity contribution in [1.29, 1.82) is 0 Å². The Morgan fingerprint density at radius 1 is 1.19 bits per heavy atom. The third kappa shape index (κ3) is 4.65. The topological polar surface area (TPSA) is 57.5 Å². The predicted molar refractivity (Wildman–Crippen MR) is 106 cm³/mol. The van der Waals surface area contributed by atoms with Gasteiger partial charge in [-0.15, -0.1) is 0 Å². The van der Waals surface area contributed by atoms with Gasteiger partial charge in [0.15, 0.2) is 5.75 Å². The summed E-state index contributed by atoms with van der Waals surface area (Å²) in [4.78, 5) is 25.0. The molecule has 0 bridgehead atoms. The van der Waals surface area contributed by atoms with E-state index in [9.17, 15) is 9.59 Å². The number of hydrogen-bond acceptors (Lipinski definition) is 5. The van der Waals surface area contributed by atoms with Crippen LogP contribution in [0.25, 0.3) is 0 Å². The molecular weight excluding hydrogens is 362 g/mol. The average Bonchev–Trinajstić information content (AvgIpc) is 3.17. The number of rotatable bonds is 7. The van der Waals surface area contributed by atoms with Crippen molar-refractivity contribution in [1.82, 2.24) is 4.57 Å². The van der Waals surface area contributed by atoms with Crippen LogP contribution in [0.3, 0.4) is 0 Å². The van der Waals surface area contributed by atoms with E-state index >= 15 is 0 Å². The van der Waals surface area contributed by atoms with Crippen LogP contribution < -0.4 is 10.2 Å². The Balaban J connectivity index is 1.99. The maximum atomic E-state index is 12.7. The van der Waals surface area contributed by atoms with Gasteiger partial charge in [-0.25, -0.2) is 4.79 Å². The number of pyridine rings is 1. The smallest absolute Gasteiger partial charge is 0.343 e. The minimum atomic E-state index is -0.641. The Morgan fingerprint density at radius 3 is 2.63 bits per heavy atom. The highest BCUT2D eigenvalue weighted by Crippen LogP contribution is 2.22. The molecule has 0 aliphatic rings. The Morgan fingerprint density at radius 2 is 1.96 bits per heavy atom. The molecule has 2 aromatic heterocycles. The van der Waals surface area contributed by atoms with Crippen LogP contribution in [-0.4, -0.2) is 17.1 Å². The second-order valence-electron chi connectivity index (χ2n) is 6.13. The van der Waals surface area contributed by atoms with Crippen LogP contribution in [0.15, 0.2) is 64.3 Å². The lowest BCUT2D eigenvalue weighted by Crippen LogP contribution is -2.22. The third-order valence-corrected chi connectivity index (χ3v) is 4.83. The number of esters is 1. The largest absolute Gasteiger partial charge is 0.462 e. The molecule has 6 heteroatoms. The van der Waals surface area contributed by atoms with Crippen molar-refractivity contribution >= 4 is 17.3 Å². The highest BCUT2D eigenvalue weighted by molar-refractivity contribution is 7.07. The van der Waals surface area contributed by atoms with Gasteiger partial charge in [0.25, 0.3) is 0 Å². The van der Waals surface area contributed by atoms with Crippen LogP contribution in [0.5, 0.6) is 11.5 Å². The Kier molecular flexibility index (Phi) is 6.08. The van der Waals surface area contributed by atoms with Gasteiger partial charge >= 0.3 is 5.97 Å². The van der Waals surface area contributed by atoms with Crippen molar-refractivity contribution in [2.45, 2.75) is 26.3 Å². The number of nitrogens with zero attached hydrogens (tertiary/aromatic N) is 1. The second kappa shape index (κ2) is 8.68. The zero-order valence-electron chi connectivity index (χ0n) is 15.3.